The van der Waals surface area contributed by atoms with E-state index in [1.54, 1.807) is 0 Å². The molecule has 0 aliphatic carbocycles. The summed E-state index contributed by atoms with van der Waals surface area (Å²) in [5, 5.41) is 3.53. The Balaban J connectivity index is 2.01. The molecule has 118 valence electrons. The van der Waals surface area contributed by atoms with Gasteiger partial charge in [0.2, 0.25) is 0 Å². The number of benzene rings is 1. The van der Waals surface area contributed by atoms with Gasteiger partial charge in [0.1, 0.15) is 0 Å². The van der Waals surface area contributed by atoms with Crippen molar-refractivity contribution >= 4 is 5.69 Å². The summed E-state index contributed by atoms with van der Waals surface area (Å²) < 4.78 is 0. The lowest BCUT2D eigenvalue weighted by atomic mass is 9.91. The van der Waals surface area contributed by atoms with Crippen LogP contribution in [0.25, 0.3) is 0 Å². The smallest absolute Gasteiger partial charge is 0.0396 e. The molecule has 0 spiro atoms. The molecule has 2 heteroatoms. The van der Waals surface area contributed by atoms with E-state index in [0.29, 0.717) is 5.92 Å². The van der Waals surface area contributed by atoms with Gasteiger partial charge in [-0.05, 0) is 54.8 Å². The molecular weight excluding hydrogens is 256 g/mol. The zero-order valence-electron chi connectivity index (χ0n) is 14.4. The van der Waals surface area contributed by atoms with Crippen LogP contribution in [0.1, 0.15) is 45.2 Å². The topological polar surface area (TPSA) is 15.3 Å². The summed E-state index contributed by atoms with van der Waals surface area (Å²) in [5.74, 6) is 2.32. The number of piperidine rings is 1. The molecule has 0 bridgehead atoms. The van der Waals surface area contributed by atoms with Gasteiger partial charge in [-0.25, -0.2) is 0 Å². The molecule has 0 saturated carbocycles. The lowest BCUT2D eigenvalue weighted by Crippen LogP contribution is -2.39. The van der Waals surface area contributed by atoms with Crippen molar-refractivity contribution < 1.29 is 0 Å². The minimum absolute atomic E-state index is 0.710. The molecular formula is C19H32N2. The molecule has 0 radical (unpaired) electrons. The molecule has 2 rings (SSSR count). The van der Waals surface area contributed by atoms with Crippen molar-refractivity contribution in [1.82, 2.24) is 5.32 Å². The molecule has 2 unspecified atom stereocenters. The van der Waals surface area contributed by atoms with E-state index in [9.17, 15) is 0 Å². The number of nitrogens with one attached hydrogen (secondary N) is 1. The summed E-state index contributed by atoms with van der Waals surface area (Å²) >= 11 is 0. The molecule has 1 fully saturated rings. The summed E-state index contributed by atoms with van der Waals surface area (Å²) in [6.45, 7) is 16.0. The Labute approximate surface area is 130 Å². The summed E-state index contributed by atoms with van der Waals surface area (Å²) in [7, 11) is 0. The van der Waals surface area contributed by atoms with Gasteiger partial charge >= 0.3 is 0 Å². The minimum atomic E-state index is 0.710. The lowest BCUT2D eigenvalue weighted by molar-refractivity contribution is 0.356. The monoisotopic (exact) mass is 288 g/mol. The van der Waals surface area contributed by atoms with Gasteiger partial charge in [0.25, 0.3) is 0 Å². The Morgan fingerprint density at radius 2 is 1.86 bits per heavy atom. The van der Waals surface area contributed by atoms with Gasteiger partial charge in [-0.1, -0.05) is 39.8 Å². The highest BCUT2D eigenvalue weighted by Gasteiger charge is 2.22. The third-order valence-electron chi connectivity index (χ3n) is 4.35. The first-order valence-corrected chi connectivity index (χ1v) is 8.51. The second-order valence-electron chi connectivity index (χ2n) is 7.50. The van der Waals surface area contributed by atoms with Crippen molar-refractivity contribution in [2.24, 2.45) is 17.8 Å². The van der Waals surface area contributed by atoms with Crippen LogP contribution in [0.5, 0.6) is 0 Å². The first-order valence-electron chi connectivity index (χ1n) is 8.51. The molecule has 2 nitrogen and oxygen atoms in total. The van der Waals surface area contributed by atoms with Crippen LogP contribution in [0.3, 0.4) is 0 Å². The molecule has 1 aromatic rings. The average Bonchev–Trinajstić information content (AvgIpc) is 2.37. The summed E-state index contributed by atoms with van der Waals surface area (Å²) in [4.78, 5) is 2.58. The molecule has 1 heterocycles. The summed E-state index contributed by atoms with van der Waals surface area (Å²) in [6.07, 6.45) is 1.37. The number of rotatable bonds is 5. The first kappa shape index (κ1) is 16.4. The Bertz CT molecular complexity index is 443. The van der Waals surface area contributed by atoms with Crippen molar-refractivity contribution in [1.29, 1.82) is 0 Å². The standard InChI is InChI=1S/C19H32N2/c1-14(2)10-20-11-18-6-7-19(17(5)9-18)21-12-15(3)8-16(4)13-21/h6-7,9,14-16,20H,8,10-13H2,1-5H3. The number of hydrogen-bond acceptors (Lipinski definition) is 2. The van der Waals surface area contributed by atoms with E-state index in [1.165, 1.54) is 36.3 Å². The zero-order valence-corrected chi connectivity index (χ0v) is 14.4. The van der Waals surface area contributed by atoms with Gasteiger partial charge < -0.3 is 10.2 Å². The molecule has 21 heavy (non-hydrogen) atoms. The maximum Gasteiger partial charge on any atom is 0.0396 e. The fraction of sp³-hybridized carbons (Fsp3) is 0.684. The maximum atomic E-state index is 3.53. The van der Waals surface area contributed by atoms with Crippen LogP contribution in [-0.2, 0) is 6.54 Å². The van der Waals surface area contributed by atoms with Crippen LogP contribution in [0.4, 0.5) is 5.69 Å². The Morgan fingerprint density at radius 1 is 1.19 bits per heavy atom. The zero-order chi connectivity index (χ0) is 15.4. The van der Waals surface area contributed by atoms with Crippen molar-refractivity contribution in [2.75, 3.05) is 24.5 Å². The van der Waals surface area contributed by atoms with Gasteiger partial charge in [0.15, 0.2) is 0 Å². The first-order chi connectivity index (χ1) is 9.95. The normalized spacial score (nSPS) is 22.9. The van der Waals surface area contributed by atoms with E-state index in [1.807, 2.05) is 0 Å². The van der Waals surface area contributed by atoms with Gasteiger partial charge in [0.05, 0.1) is 0 Å². The van der Waals surface area contributed by atoms with Gasteiger partial charge in [-0.2, -0.15) is 0 Å². The highest BCUT2D eigenvalue weighted by Crippen LogP contribution is 2.29. The predicted octanol–water partition coefficient (Wildman–Crippen LogP) is 4.22. The van der Waals surface area contributed by atoms with Crippen molar-refractivity contribution in [3.05, 3.63) is 29.3 Å². The Hall–Kier alpha value is -1.02. The van der Waals surface area contributed by atoms with E-state index in [4.69, 9.17) is 0 Å². The SMILES string of the molecule is Cc1cc(CNCC(C)C)ccc1N1CC(C)CC(C)C1. The molecule has 2 atom stereocenters. The number of nitrogens with zero attached hydrogens (tertiary/aromatic N) is 1. The highest BCUT2D eigenvalue weighted by molar-refractivity contribution is 5.55. The van der Waals surface area contributed by atoms with Gasteiger partial charge in [-0.3, -0.25) is 0 Å². The molecule has 1 aliphatic rings. The molecule has 1 N–H and O–H groups in total. The second-order valence-corrected chi connectivity index (χ2v) is 7.50. The maximum absolute atomic E-state index is 3.53. The Morgan fingerprint density at radius 3 is 2.43 bits per heavy atom. The molecule has 1 aromatic carbocycles. The van der Waals surface area contributed by atoms with Crippen LogP contribution in [-0.4, -0.2) is 19.6 Å². The van der Waals surface area contributed by atoms with E-state index in [0.717, 1.165) is 24.9 Å². The number of hydrogen-bond donors (Lipinski definition) is 1. The molecule has 0 aromatic heterocycles. The fourth-order valence-corrected chi connectivity index (χ4v) is 3.55. The van der Waals surface area contributed by atoms with Crippen molar-refractivity contribution in [3.63, 3.8) is 0 Å². The third-order valence-corrected chi connectivity index (χ3v) is 4.35. The van der Waals surface area contributed by atoms with E-state index >= 15 is 0 Å². The second kappa shape index (κ2) is 7.31. The van der Waals surface area contributed by atoms with E-state index in [-0.39, 0.29) is 0 Å². The summed E-state index contributed by atoms with van der Waals surface area (Å²) in [5.41, 5.74) is 4.25. The van der Waals surface area contributed by atoms with Crippen LogP contribution >= 0.6 is 0 Å². The molecule has 1 aliphatic heterocycles. The van der Waals surface area contributed by atoms with E-state index in [2.05, 4.69) is 63.0 Å². The largest absolute Gasteiger partial charge is 0.371 e. The quantitative estimate of drug-likeness (QED) is 0.872. The van der Waals surface area contributed by atoms with Crippen LogP contribution in [0.15, 0.2) is 18.2 Å². The minimum Gasteiger partial charge on any atom is -0.371 e. The van der Waals surface area contributed by atoms with Crippen molar-refractivity contribution in [2.45, 2.75) is 47.6 Å². The Kier molecular flexibility index (Phi) is 5.69. The lowest BCUT2D eigenvalue weighted by Gasteiger charge is -2.37. The van der Waals surface area contributed by atoms with Gasteiger partial charge in [-0.15, -0.1) is 0 Å². The number of aryl methyl sites for hydroxylation is 1. The van der Waals surface area contributed by atoms with Crippen LogP contribution < -0.4 is 10.2 Å². The third kappa shape index (κ3) is 4.74. The van der Waals surface area contributed by atoms with E-state index < -0.39 is 0 Å². The fourth-order valence-electron chi connectivity index (χ4n) is 3.55. The number of anilines is 1. The van der Waals surface area contributed by atoms with Gasteiger partial charge in [0, 0.05) is 25.3 Å². The van der Waals surface area contributed by atoms with Crippen molar-refractivity contribution in [3.8, 4) is 0 Å². The molecule has 1 saturated heterocycles. The predicted molar refractivity (Wildman–Crippen MR) is 92.9 cm³/mol. The highest BCUT2D eigenvalue weighted by atomic mass is 15.1. The van der Waals surface area contributed by atoms with Crippen LogP contribution in [0.2, 0.25) is 0 Å². The summed E-state index contributed by atoms with van der Waals surface area (Å²) in [6, 6.07) is 6.97. The van der Waals surface area contributed by atoms with Crippen LogP contribution in [0, 0.1) is 24.7 Å². The average molecular weight is 288 g/mol. The molecule has 0 amide bonds.